The maximum Gasteiger partial charge on any atom is 0.158 e. The average molecular weight is 338 g/mol. The molecular formula is C23H15FN2. The first-order valence-electron chi connectivity index (χ1n) is 8.36. The van der Waals surface area contributed by atoms with E-state index in [1.54, 1.807) is 0 Å². The highest BCUT2D eigenvalue weighted by molar-refractivity contribution is 5.83. The molecule has 3 aromatic rings. The molecule has 0 unspecified atom stereocenters. The van der Waals surface area contributed by atoms with Crippen molar-refractivity contribution in [1.82, 2.24) is 0 Å². The summed E-state index contributed by atoms with van der Waals surface area (Å²) in [6.07, 6.45) is 0. The molecule has 3 heteroatoms. The fourth-order valence-electron chi connectivity index (χ4n) is 3.84. The number of halogens is 1. The van der Waals surface area contributed by atoms with Gasteiger partial charge in [-0.2, -0.15) is 10.5 Å². The third kappa shape index (κ3) is 2.15. The molecule has 4 rings (SSSR count). The monoisotopic (exact) mass is 338 g/mol. The molecule has 0 saturated carbocycles. The molecule has 1 aliphatic rings. The van der Waals surface area contributed by atoms with Crippen LogP contribution < -0.4 is 0 Å². The lowest BCUT2D eigenvalue weighted by atomic mass is 9.81. The zero-order valence-corrected chi connectivity index (χ0v) is 14.5. The zero-order chi connectivity index (χ0) is 18.5. The molecule has 3 aromatic carbocycles. The van der Waals surface area contributed by atoms with E-state index >= 15 is 0 Å². The standard InChI is InChI=1S/C23H15FN2/c1-23(2)20-6-4-3-5-18(20)19-8-7-14(11-21(19)23)15-9-16(12-25)22(24)17(10-15)13-26/h3-11H,1-2H3. The van der Waals surface area contributed by atoms with Gasteiger partial charge >= 0.3 is 0 Å². The highest BCUT2D eigenvalue weighted by Gasteiger charge is 2.35. The molecule has 1 aliphatic carbocycles. The summed E-state index contributed by atoms with van der Waals surface area (Å²) >= 11 is 0. The van der Waals surface area contributed by atoms with Crippen molar-refractivity contribution in [3.63, 3.8) is 0 Å². The van der Waals surface area contributed by atoms with Gasteiger partial charge in [0.15, 0.2) is 5.82 Å². The van der Waals surface area contributed by atoms with Gasteiger partial charge in [-0.15, -0.1) is 0 Å². The van der Waals surface area contributed by atoms with Gasteiger partial charge in [0, 0.05) is 5.41 Å². The van der Waals surface area contributed by atoms with E-state index in [-0.39, 0.29) is 16.5 Å². The van der Waals surface area contributed by atoms with Crippen LogP contribution in [0.15, 0.2) is 54.6 Å². The number of fused-ring (bicyclic) bond motifs is 3. The molecule has 26 heavy (non-hydrogen) atoms. The summed E-state index contributed by atoms with van der Waals surface area (Å²) in [6.45, 7) is 4.38. The molecule has 124 valence electrons. The molecule has 0 N–H and O–H groups in total. The maximum absolute atomic E-state index is 14.0. The molecule has 0 aromatic heterocycles. The van der Waals surface area contributed by atoms with Crippen molar-refractivity contribution in [3.8, 4) is 34.4 Å². The van der Waals surface area contributed by atoms with Crippen LogP contribution in [0.25, 0.3) is 22.3 Å². The van der Waals surface area contributed by atoms with Gasteiger partial charge in [-0.25, -0.2) is 4.39 Å². The minimum absolute atomic E-state index is 0.109. The van der Waals surface area contributed by atoms with Gasteiger partial charge in [-0.05, 0) is 51.6 Å². The lowest BCUT2D eigenvalue weighted by Crippen LogP contribution is -2.14. The summed E-state index contributed by atoms with van der Waals surface area (Å²) in [5.74, 6) is -0.757. The van der Waals surface area contributed by atoms with Crippen LogP contribution in [0.5, 0.6) is 0 Å². The number of rotatable bonds is 1. The molecule has 0 fully saturated rings. The summed E-state index contributed by atoms with van der Waals surface area (Å²) < 4.78 is 14.0. The first-order valence-corrected chi connectivity index (χ1v) is 8.36. The molecule has 0 amide bonds. The highest BCUT2D eigenvalue weighted by atomic mass is 19.1. The predicted molar refractivity (Wildman–Crippen MR) is 98.8 cm³/mol. The molecule has 0 aliphatic heterocycles. The Labute approximate surface area is 151 Å². The lowest BCUT2D eigenvalue weighted by Gasteiger charge is -2.22. The van der Waals surface area contributed by atoms with E-state index in [9.17, 15) is 4.39 Å². The van der Waals surface area contributed by atoms with E-state index < -0.39 is 5.82 Å². The van der Waals surface area contributed by atoms with E-state index in [1.165, 1.54) is 34.4 Å². The molecule has 0 radical (unpaired) electrons. The fraction of sp³-hybridized carbons (Fsp3) is 0.130. The smallest absolute Gasteiger partial charge is 0.158 e. The Bertz CT molecular complexity index is 1110. The summed E-state index contributed by atoms with van der Waals surface area (Å²) in [7, 11) is 0. The minimum Gasteiger partial charge on any atom is -0.204 e. The van der Waals surface area contributed by atoms with Crippen LogP contribution in [0.1, 0.15) is 36.1 Å². The fourth-order valence-corrected chi connectivity index (χ4v) is 3.84. The average Bonchev–Trinajstić information content (AvgIpc) is 2.89. The Hall–Kier alpha value is -3.43. The minimum atomic E-state index is -0.757. The van der Waals surface area contributed by atoms with Crippen LogP contribution >= 0.6 is 0 Å². The largest absolute Gasteiger partial charge is 0.204 e. The van der Waals surface area contributed by atoms with Crippen molar-refractivity contribution < 1.29 is 4.39 Å². The second-order valence-corrected chi connectivity index (χ2v) is 7.04. The zero-order valence-electron chi connectivity index (χ0n) is 14.5. The Balaban J connectivity index is 1.93. The number of nitriles is 2. The normalized spacial score (nSPS) is 13.4. The lowest BCUT2D eigenvalue weighted by molar-refractivity contribution is 0.620. The second-order valence-electron chi connectivity index (χ2n) is 7.04. The van der Waals surface area contributed by atoms with Crippen LogP contribution in [0.4, 0.5) is 4.39 Å². The van der Waals surface area contributed by atoms with Crippen molar-refractivity contribution in [2.24, 2.45) is 0 Å². The van der Waals surface area contributed by atoms with Crippen LogP contribution in [0, 0.1) is 28.5 Å². The van der Waals surface area contributed by atoms with Gasteiger partial charge in [-0.1, -0.05) is 50.2 Å². The predicted octanol–water partition coefficient (Wildman–Crippen LogP) is 5.54. The van der Waals surface area contributed by atoms with Gasteiger partial charge in [0.2, 0.25) is 0 Å². The van der Waals surface area contributed by atoms with Crippen LogP contribution in [0.2, 0.25) is 0 Å². The third-order valence-corrected chi connectivity index (χ3v) is 5.23. The third-order valence-electron chi connectivity index (χ3n) is 5.23. The molecular weight excluding hydrogens is 323 g/mol. The number of benzene rings is 3. The first-order chi connectivity index (χ1) is 12.5. The topological polar surface area (TPSA) is 47.6 Å². The molecule has 0 bridgehead atoms. The van der Waals surface area contributed by atoms with Crippen LogP contribution in [-0.2, 0) is 5.41 Å². The van der Waals surface area contributed by atoms with Crippen LogP contribution in [0.3, 0.4) is 0 Å². The van der Waals surface area contributed by atoms with Crippen LogP contribution in [-0.4, -0.2) is 0 Å². The van der Waals surface area contributed by atoms with E-state index in [0.29, 0.717) is 5.56 Å². The van der Waals surface area contributed by atoms with Gasteiger partial charge in [0.25, 0.3) is 0 Å². The van der Waals surface area contributed by atoms with Gasteiger partial charge in [0.05, 0.1) is 11.1 Å². The number of hydrogen-bond acceptors (Lipinski definition) is 2. The highest BCUT2D eigenvalue weighted by Crippen LogP contribution is 2.49. The summed E-state index contributed by atoms with van der Waals surface area (Å²) in [6, 6.07) is 21.2. The van der Waals surface area contributed by atoms with Gasteiger partial charge in [0.1, 0.15) is 12.1 Å². The first kappa shape index (κ1) is 16.1. The molecule has 0 spiro atoms. The van der Waals surface area contributed by atoms with E-state index in [2.05, 4.69) is 38.1 Å². The molecule has 0 heterocycles. The Kier molecular flexibility index (Phi) is 3.43. The van der Waals surface area contributed by atoms with E-state index in [0.717, 1.165) is 5.56 Å². The van der Waals surface area contributed by atoms with Gasteiger partial charge < -0.3 is 0 Å². The van der Waals surface area contributed by atoms with Crippen molar-refractivity contribution >= 4 is 0 Å². The van der Waals surface area contributed by atoms with Crippen molar-refractivity contribution in [3.05, 3.63) is 82.7 Å². The SMILES string of the molecule is CC1(C)c2ccccc2-c2ccc(-c3cc(C#N)c(F)c(C#N)c3)cc21. The van der Waals surface area contributed by atoms with E-state index in [1.807, 2.05) is 30.3 Å². The van der Waals surface area contributed by atoms with Crippen molar-refractivity contribution in [2.45, 2.75) is 19.3 Å². The Morgan fingerprint density at radius 3 is 2.04 bits per heavy atom. The second kappa shape index (κ2) is 5.55. The van der Waals surface area contributed by atoms with E-state index in [4.69, 9.17) is 10.5 Å². The van der Waals surface area contributed by atoms with Crippen molar-refractivity contribution in [2.75, 3.05) is 0 Å². The Morgan fingerprint density at radius 1 is 0.769 bits per heavy atom. The quantitative estimate of drug-likeness (QED) is 0.584. The molecule has 0 saturated heterocycles. The van der Waals surface area contributed by atoms with Gasteiger partial charge in [-0.3, -0.25) is 0 Å². The Morgan fingerprint density at radius 2 is 1.38 bits per heavy atom. The van der Waals surface area contributed by atoms with Crippen molar-refractivity contribution in [1.29, 1.82) is 10.5 Å². The molecule has 0 atom stereocenters. The summed E-state index contributed by atoms with van der Waals surface area (Å²) in [4.78, 5) is 0. The summed E-state index contributed by atoms with van der Waals surface area (Å²) in [5.41, 5.74) is 6.08. The maximum atomic E-state index is 14.0. The number of nitrogens with zero attached hydrogens (tertiary/aromatic N) is 2. The summed E-state index contributed by atoms with van der Waals surface area (Å²) in [5, 5.41) is 18.3. The number of hydrogen-bond donors (Lipinski definition) is 0. The molecule has 2 nitrogen and oxygen atoms in total.